The molecule has 2 N–H and O–H groups in total. The number of hydrogen-bond donors (Lipinski definition) is 2. The summed E-state index contributed by atoms with van der Waals surface area (Å²) in [4.78, 5) is 12.4. The number of nitrogens with one attached hydrogen (secondary N) is 2. The van der Waals surface area contributed by atoms with Crippen molar-refractivity contribution in [2.24, 2.45) is 5.92 Å². The van der Waals surface area contributed by atoms with E-state index in [1.807, 2.05) is 25.1 Å². The van der Waals surface area contributed by atoms with Crippen molar-refractivity contribution in [2.75, 3.05) is 20.2 Å². The quantitative estimate of drug-likeness (QED) is 0.877. The Morgan fingerprint density at radius 3 is 2.48 bits per heavy atom. The first-order valence-electron chi connectivity index (χ1n) is 8.93. The van der Waals surface area contributed by atoms with Crippen LogP contribution in [0.1, 0.15) is 31.4 Å². The highest BCUT2D eigenvalue weighted by atomic mass is 16.5. The van der Waals surface area contributed by atoms with Crippen molar-refractivity contribution in [3.05, 3.63) is 54.1 Å². The van der Waals surface area contributed by atoms with E-state index < -0.39 is 0 Å². The lowest BCUT2D eigenvalue weighted by Gasteiger charge is -2.24. The highest BCUT2D eigenvalue weighted by molar-refractivity contribution is 5.79. The Bertz CT molecular complexity index is 706. The van der Waals surface area contributed by atoms with Crippen molar-refractivity contribution in [3.63, 3.8) is 0 Å². The molecule has 2 aromatic rings. The summed E-state index contributed by atoms with van der Waals surface area (Å²) in [6, 6.07) is 16.3. The normalized spacial score (nSPS) is 16.2. The van der Waals surface area contributed by atoms with Gasteiger partial charge < -0.3 is 15.4 Å². The van der Waals surface area contributed by atoms with E-state index >= 15 is 0 Å². The number of carbonyl (C=O) groups is 1. The maximum absolute atomic E-state index is 12.4. The van der Waals surface area contributed by atoms with Gasteiger partial charge in [0.2, 0.25) is 5.91 Å². The monoisotopic (exact) mass is 338 g/mol. The fraction of sp³-hybridized carbons (Fsp3) is 0.381. The van der Waals surface area contributed by atoms with Gasteiger partial charge in [-0.2, -0.15) is 0 Å². The zero-order valence-corrected chi connectivity index (χ0v) is 14.9. The SMILES string of the molecule is COc1ccccc1-c1ccc(C(C)NC(=O)C2CCNCC2)cc1. The molecule has 1 aliphatic heterocycles. The summed E-state index contributed by atoms with van der Waals surface area (Å²) >= 11 is 0. The summed E-state index contributed by atoms with van der Waals surface area (Å²) in [5.74, 6) is 1.17. The van der Waals surface area contributed by atoms with E-state index in [2.05, 4.69) is 41.0 Å². The zero-order valence-electron chi connectivity index (χ0n) is 14.9. The molecule has 1 aliphatic rings. The minimum Gasteiger partial charge on any atom is -0.496 e. The molecule has 0 saturated carbocycles. The molecule has 0 spiro atoms. The Labute approximate surface area is 149 Å². The largest absolute Gasteiger partial charge is 0.496 e. The van der Waals surface area contributed by atoms with Crippen molar-refractivity contribution in [1.29, 1.82) is 0 Å². The highest BCUT2D eigenvalue weighted by Gasteiger charge is 2.22. The molecule has 1 unspecified atom stereocenters. The Hall–Kier alpha value is -2.33. The number of methoxy groups -OCH3 is 1. The van der Waals surface area contributed by atoms with Gasteiger partial charge in [0.05, 0.1) is 13.2 Å². The van der Waals surface area contributed by atoms with E-state index in [0.717, 1.165) is 48.4 Å². The lowest BCUT2D eigenvalue weighted by atomic mass is 9.96. The molecule has 2 aromatic carbocycles. The Morgan fingerprint density at radius 2 is 1.80 bits per heavy atom. The van der Waals surface area contributed by atoms with Gasteiger partial charge in [-0.15, -0.1) is 0 Å². The zero-order chi connectivity index (χ0) is 17.6. The molecule has 4 heteroatoms. The van der Waals surface area contributed by atoms with Crippen LogP contribution >= 0.6 is 0 Å². The number of ether oxygens (including phenoxy) is 1. The third kappa shape index (κ3) is 4.20. The fourth-order valence-electron chi connectivity index (χ4n) is 3.33. The molecule has 1 saturated heterocycles. The van der Waals surface area contributed by atoms with Gasteiger partial charge >= 0.3 is 0 Å². The standard InChI is InChI=1S/C21H26N2O2/c1-15(23-21(24)18-11-13-22-14-12-18)16-7-9-17(10-8-16)19-5-3-4-6-20(19)25-2/h3-10,15,18,22H,11-14H2,1-2H3,(H,23,24). The molecule has 1 heterocycles. The van der Waals surface area contributed by atoms with Crippen molar-refractivity contribution >= 4 is 5.91 Å². The maximum atomic E-state index is 12.4. The van der Waals surface area contributed by atoms with Gasteiger partial charge in [-0.1, -0.05) is 42.5 Å². The summed E-state index contributed by atoms with van der Waals surface area (Å²) in [6.45, 7) is 3.90. The van der Waals surface area contributed by atoms with Gasteiger partial charge in [0.15, 0.2) is 0 Å². The van der Waals surface area contributed by atoms with Crippen LogP contribution in [0.2, 0.25) is 0 Å². The van der Waals surface area contributed by atoms with Crippen LogP contribution in [0.15, 0.2) is 48.5 Å². The van der Waals surface area contributed by atoms with E-state index in [0.29, 0.717) is 0 Å². The number of piperidine rings is 1. The molecule has 1 fully saturated rings. The van der Waals surface area contributed by atoms with Crippen LogP contribution in [0, 0.1) is 5.92 Å². The highest BCUT2D eigenvalue weighted by Crippen LogP contribution is 2.30. The summed E-state index contributed by atoms with van der Waals surface area (Å²) in [7, 11) is 1.69. The van der Waals surface area contributed by atoms with Crippen molar-refractivity contribution in [1.82, 2.24) is 10.6 Å². The van der Waals surface area contributed by atoms with Gasteiger partial charge in [-0.3, -0.25) is 4.79 Å². The summed E-state index contributed by atoms with van der Waals surface area (Å²) in [5, 5.41) is 6.45. The predicted octanol–water partition coefficient (Wildman–Crippen LogP) is 3.54. The van der Waals surface area contributed by atoms with Crippen LogP contribution in [-0.2, 0) is 4.79 Å². The third-order valence-electron chi connectivity index (χ3n) is 4.90. The molecule has 1 atom stereocenters. The van der Waals surface area contributed by atoms with Gasteiger partial charge in [0.1, 0.15) is 5.75 Å². The molecule has 0 aromatic heterocycles. The number of para-hydroxylation sites is 1. The van der Waals surface area contributed by atoms with E-state index in [4.69, 9.17) is 4.74 Å². The topological polar surface area (TPSA) is 50.4 Å². The van der Waals surface area contributed by atoms with Crippen LogP contribution in [0.4, 0.5) is 0 Å². The van der Waals surface area contributed by atoms with Crippen LogP contribution < -0.4 is 15.4 Å². The van der Waals surface area contributed by atoms with Gasteiger partial charge in [-0.05, 0) is 50.0 Å². The number of amides is 1. The minimum atomic E-state index is 0.00843. The molecular weight excluding hydrogens is 312 g/mol. The van der Waals surface area contributed by atoms with E-state index in [-0.39, 0.29) is 17.9 Å². The second-order valence-electron chi connectivity index (χ2n) is 6.58. The second-order valence-corrected chi connectivity index (χ2v) is 6.58. The molecule has 4 nitrogen and oxygen atoms in total. The first-order valence-corrected chi connectivity index (χ1v) is 8.93. The lowest BCUT2D eigenvalue weighted by molar-refractivity contribution is -0.126. The van der Waals surface area contributed by atoms with E-state index in [9.17, 15) is 4.79 Å². The minimum absolute atomic E-state index is 0.00843. The average molecular weight is 338 g/mol. The first-order chi connectivity index (χ1) is 12.2. The number of hydrogen-bond acceptors (Lipinski definition) is 3. The molecule has 1 amide bonds. The van der Waals surface area contributed by atoms with Crippen LogP contribution in [0.3, 0.4) is 0 Å². The average Bonchev–Trinajstić information content (AvgIpc) is 2.68. The lowest BCUT2D eigenvalue weighted by Crippen LogP contribution is -2.39. The summed E-state index contributed by atoms with van der Waals surface area (Å²) in [6.07, 6.45) is 1.84. The third-order valence-corrected chi connectivity index (χ3v) is 4.90. The number of benzene rings is 2. The van der Waals surface area contributed by atoms with Gasteiger partial charge in [-0.25, -0.2) is 0 Å². The maximum Gasteiger partial charge on any atom is 0.223 e. The van der Waals surface area contributed by atoms with Gasteiger partial charge in [0, 0.05) is 11.5 Å². The smallest absolute Gasteiger partial charge is 0.223 e. The second kappa shape index (κ2) is 8.17. The predicted molar refractivity (Wildman–Crippen MR) is 101 cm³/mol. The fourth-order valence-corrected chi connectivity index (χ4v) is 3.33. The molecule has 0 bridgehead atoms. The molecule has 3 rings (SSSR count). The van der Waals surface area contributed by atoms with E-state index in [1.165, 1.54) is 0 Å². The number of carbonyl (C=O) groups excluding carboxylic acids is 1. The van der Waals surface area contributed by atoms with E-state index in [1.54, 1.807) is 7.11 Å². The van der Waals surface area contributed by atoms with Crippen LogP contribution in [0.5, 0.6) is 5.75 Å². The summed E-state index contributed by atoms with van der Waals surface area (Å²) in [5.41, 5.74) is 3.29. The van der Waals surface area contributed by atoms with Crippen molar-refractivity contribution in [3.8, 4) is 16.9 Å². The van der Waals surface area contributed by atoms with Crippen LogP contribution in [0.25, 0.3) is 11.1 Å². The molecule has 0 radical (unpaired) electrons. The Morgan fingerprint density at radius 1 is 1.12 bits per heavy atom. The Balaban J connectivity index is 1.68. The van der Waals surface area contributed by atoms with Crippen molar-refractivity contribution < 1.29 is 9.53 Å². The first kappa shape index (κ1) is 17.5. The Kier molecular flexibility index (Phi) is 5.71. The summed E-state index contributed by atoms with van der Waals surface area (Å²) < 4.78 is 5.44. The molecule has 25 heavy (non-hydrogen) atoms. The molecular formula is C21H26N2O2. The molecule has 0 aliphatic carbocycles. The molecule has 132 valence electrons. The van der Waals surface area contributed by atoms with Gasteiger partial charge in [0.25, 0.3) is 0 Å². The van der Waals surface area contributed by atoms with Crippen LogP contribution in [-0.4, -0.2) is 26.1 Å². The van der Waals surface area contributed by atoms with Crippen molar-refractivity contribution in [2.45, 2.75) is 25.8 Å². The number of rotatable bonds is 5.